The van der Waals surface area contributed by atoms with Crippen molar-refractivity contribution in [3.05, 3.63) is 21.6 Å². The lowest BCUT2D eigenvalue weighted by atomic mass is 9.96. The number of hydrogen-bond acceptors (Lipinski definition) is 5. The number of carbonyl (C=O) groups excluding carboxylic acids is 3. The molecule has 8 heteroatoms. The van der Waals surface area contributed by atoms with Crippen LogP contribution in [-0.4, -0.2) is 41.9 Å². The average molecular weight is 429 g/mol. The van der Waals surface area contributed by atoms with E-state index in [9.17, 15) is 14.4 Å². The Morgan fingerprint density at radius 2 is 1.92 bits per heavy atom. The molecule has 0 saturated carbocycles. The first kappa shape index (κ1) is 20.5. The minimum absolute atomic E-state index is 0.215. The zero-order valence-electron chi connectivity index (χ0n) is 15.5. The summed E-state index contributed by atoms with van der Waals surface area (Å²) in [5, 5.41) is 0. The molecule has 26 heavy (non-hydrogen) atoms. The van der Waals surface area contributed by atoms with Crippen LogP contribution in [0.3, 0.4) is 0 Å². The summed E-state index contributed by atoms with van der Waals surface area (Å²) < 4.78 is 11.5. The van der Waals surface area contributed by atoms with E-state index in [4.69, 9.17) is 14.9 Å². The number of amides is 2. The predicted octanol–water partition coefficient (Wildman–Crippen LogP) is 2.56. The maximum atomic E-state index is 12.9. The molecule has 7 nitrogen and oxygen atoms in total. The van der Waals surface area contributed by atoms with Crippen molar-refractivity contribution >= 4 is 33.7 Å². The van der Waals surface area contributed by atoms with E-state index in [1.165, 1.54) is 0 Å². The Balaban J connectivity index is 2.16. The van der Waals surface area contributed by atoms with Crippen LogP contribution in [0.5, 0.6) is 0 Å². The molecular weight excluding hydrogens is 404 g/mol. The summed E-state index contributed by atoms with van der Waals surface area (Å²) in [5.74, 6) is -0.885. The number of nitrogens with zero attached hydrogens (tertiary/aromatic N) is 1. The first-order valence-corrected chi connectivity index (χ1v) is 9.47. The summed E-state index contributed by atoms with van der Waals surface area (Å²) in [6.45, 7) is 7.82. The number of hydrogen-bond donors (Lipinski definition) is 1. The molecule has 2 heterocycles. The molecule has 1 aliphatic rings. The highest BCUT2D eigenvalue weighted by atomic mass is 79.9. The van der Waals surface area contributed by atoms with Gasteiger partial charge in [-0.3, -0.25) is 9.59 Å². The van der Waals surface area contributed by atoms with Crippen LogP contribution in [0.15, 0.2) is 8.89 Å². The number of rotatable bonds is 5. The smallest absolute Gasteiger partial charge is 0.343 e. The Morgan fingerprint density at radius 3 is 2.42 bits per heavy atom. The van der Waals surface area contributed by atoms with E-state index in [0.29, 0.717) is 35.4 Å². The summed E-state index contributed by atoms with van der Waals surface area (Å²) >= 11 is 3.32. The monoisotopic (exact) mass is 428 g/mol. The Labute approximate surface area is 161 Å². The van der Waals surface area contributed by atoms with Gasteiger partial charge in [0.2, 0.25) is 5.91 Å². The molecule has 1 aromatic rings. The van der Waals surface area contributed by atoms with Gasteiger partial charge >= 0.3 is 5.97 Å². The molecule has 1 aromatic heterocycles. The van der Waals surface area contributed by atoms with Crippen LogP contribution in [0.25, 0.3) is 0 Å². The van der Waals surface area contributed by atoms with Gasteiger partial charge in [0.25, 0.3) is 5.91 Å². The Bertz CT molecular complexity index is 713. The highest BCUT2D eigenvalue weighted by molar-refractivity contribution is 9.10. The van der Waals surface area contributed by atoms with Crippen molar-refractivity contribution in [3.63, 3.8) is 0 Å². The molecule has 0 bridgehead atoms. The third kappa shape index (κ3) is 4.28. The van der Waals surface area contributed by atoms with Gasteiger partial charge in [-0.1, -0.05) is 13.8 Å². The van der Waals surface area contributed by atoms with Crippen LogP contribution >= 0.6 is 15.9 Å². The number of aryl methyl sites for hydroxylation is 2. The van der Waals surface area contributed by atoms with Gasteiger partial charge in [-0.25, -0.2) is 4.79 Å². The second-order valence-corrected chi connectivity index (χ2v) is 7.79. The van der Waals surface area contributed by atoms with Gasteiger partial charge in [0.05, 0.1) is 10.4 Å². The van der Waals surface area contributed by atoms with E-state index in [1.807, 2.05) is 13.8 Å². The van der Waals surface area contributed by atoms with Gasteiger partial charge in [0.15, 0.2) is 6.10 Å². The SMILES string of the molecule is Cc1oc(C)c(C(=O)OC(C(=O)N2CCCC(C(N)=O)C2)C(C)C)c1Br. The Morgan fingerprint density at radius 1 is 1.27 bits per heavy atom. The van der Waals surface area contributed by atoms with Crippen LogP contribution in [0.2, 0.25) is 0 Å². The van der Waals surface area contributed by atoms with Gasteiger partial charge in [0.1, 0.15) is 17.1 Å². The first-order valence-electron chi connectivity index (χ1n) is 8.68. The third-order valence-corrected chi connectivity index (χ3v) is 5.56. The predicted molar refractivity (Wildman–Crippen MR) is 98.4 cm³/mol. The number of nitrogens with two attached hydrogens (primary N) is 1. The number of halogens is 1. The zero-order chi connectivity index (χ0) is 19.6. The highest BCUT2D eigenvalue weighted by Crippen LogP contribution is 2.29. The Hall–Kier alpha value is -1.83. The van der Waals surface area contributed by atoms with E-state index < -0.39 is 18.0 Å². The van der Waals surface area contributed by atoms with Crippen LogP contribution < -0.4 is 5.73 Å². The molecule has 0 aliphatic carbocycles. The lowest BCUT2D eigenvalue weighted by Gasteiger charge is -2.34. The van der Waals surface area contributed by atoms with Crippen LogP contribution in [-0.2, 0) is 14.3 Å². The quantitative estimate of drug-likeness (QED) is 0.725. The summed E-state index contributed by atoms with van der Waals surface area (Å²) in [5.41, 5.74) is 5.67. The van der Waals surface area contributed by atoms with E-state index in [1.54, 1.807) is 18.7 Å². The van der Waals surface area contributed by atoms with Crippen LogP contribution in [0.4, 0.5) is 0 Å². The average Bonchev–Trinajstić information content (AvgIpc) is 2.84. The molecule has 0 radical (unpaired) electrons. The van der Waals surface area contributed by atoms with Crippen molar-refractivity contribution in [3.8, 4) is 0 Å². The molecule has 144 valence electrons. The molecule has 2 unspecified atom stereocenters. The second-order valence-electron chi connectivity index (χ2n) is 7.00. The van der Waals surface area contributed by atoms with Gasteiger partial charge in [-0.2, -0.15) is 0 Å². The Kier molecular flexibility index (Phi) is 6.49. The summed E-state index contributed by atoms with van der Waals surface area (Å²) in [6, 6.07) is 0. The first-order chi connectivity index (χ1) is 12.1. The van der Waals surface area contributed by atoms with E-state index in [0.717, 1.165) is 0 Å². The molecule has 0 aromatic carbocycles. The van der Waals surface area contributed by atoms with Crippen molar-refractivity contribution in [1.29, 1.82) is 0 Å². The van der Waals surface area contributed by atoms with Gasteiger partial charge in [-0.15, -0.1) is 0 Å². The van der Waals surface area contributed by atoms with Crippen LogP contribution in [0.1, 0.15) is 48.6 Å². The van der Waals surface area contributed by atoms with Crippen molar-refractivity contribution in [1.82, 2.24) is 4.90 Å². The minimum atomic E-state index is -0.935. The molecule has 2 amide bonds. The molecule has 2 N–H and O–H groups in total. The number of likely N-dealkylation sites (tertiary alicyclic amines) is 1. The minimum Gasteiger partial charge on any atom is -0.465 e. The van der Waals surface area contributed by atoms with E-state index in [-0.39, 0.29) is 29.9 Å². The van der Waals surface area contributed by atoms with Crippen molar-refractivity contribution in [2.45, 2.75) is 46.6 Å². The summed E-state index contributed by atoms with van der Waals surface area (Å²) in [6.07, 6.45) is 0.436. The normalized spacial score (nSPS) is 18.7. The molecule has 0 spiro atoms. The molecule has 1 saturated heterocycles. The number of carbonyl (C=O) groups is 3. The number of ether oxygens (including phenoxy) is 1. The number of furan rings is 1. The summed E-state index contributed by atoms with van der Waals surface area (Å²) in [7, 11) is 0. The molecule has 1 fully saturated rings. The van der Waals surface area contributed by atoms with E-state index >= 15 is 0 Å². The molecule has 2 atom stereocenters. The fourth-order valence-corrected chi connectivity index (χ4v) is 3.65. The maximum Gasteiger partial charge on any atom is 0.343 e. The summed E-state index contributed by atoms with van der Waals surface area (Å²) in [4.78, 5) is 38.5. The van der Waals surface area contributed by atoms with Crippen molar-refractivity contribution in [2.24, 2.45) is 17.6 Å². The third-order valence-electron chi connectivity index (χ3n) is 4.61. The number of primary amides is 1. The fraction of sp³-hybridized carbons (Fsp3) is 0.611. The van der Waals surface area contributed by atoms with Gasteiger partial charge in [0, 0.05) is 13.1 Å². The lowest BCUT2D eigenvalue weighted by Crippen LogP contribution is -2.50. The van der Waals surface area contributed by atoms with Crippen LogP contribution in [0, 0.1) is 25.7 Å². The van der Waals surface area contributed by atoms with Gasteiger partial charge in [-0.05, 0) is 48.5 Å². The second kappa shape index (κ2) is 8.24. The molecule has 1 aliphatic heterocycles. The van der Waals surface area contributed by atoms with Crippen molar-refractivity contribution < 1.29 is 23.5 Å². The van der Waals surface area contributed by atoms with Crippen molar-refractivity contribution in [2.75, 3.05) is 13.1 Å². The largest absolute Gasteiger partial charge is 0.465 e. The fourth-order valence-electron chi connectivity index (χ4n) is 3.12. The molecule has 2 rings (SSSR count). The van der Waals surface area contributed by atoms with E-state index in [2.05, 4.69) is 15.9 Å². The molecular formula is C18H25BrN2O5. The standard InChI is InChI=1S/C18H25BrN2O5/c1-9(2)15(17(23)21-7-5-6-12(8-21)16(20)22)26-18(24)13-10(3)25-11(4)14(13)19/h9,12,15H,5-8H2,1-4H3,(H2,20,22). The topological polar surface area (TPSA) is 103 Å². The zero-order valence-corrected chi connectivity index (χ0v) is 17.1. The number of esters is 1. The number of piperidine rings is 1. The maximum absolute atomic E-state index is 12.9. The lowest BCUT2D eigenvalue weighted by molar-refractivity contribution is -0.145. The van der Waals surface area contributed by atoms with Gasteiger partial charge < -0.3 is 19.8 Å². The highest BCUT2D eigenvalue weighted by Gasteiger charge is 2.35.